The molecule has 12 heteroatoms. The molecule has 2 aromatic heterocycles. The van der Waals surface area contributed by atoms with E-state index in [1.165, 1.54) is 19.5 Å². The minimum absolute atomic E-state index is 0.0752. The van der Waals surface area contributed by atoms with E-state index in [1.54, 1.807) is 22.9 Å². The van der Waals surface area contributed by atoms with E-state index in [1.807, 2.05) is 13.8 Å². The predicted molar refractivity (Wildman–Crippen MR) is 126 cm³/mol. The second-order valence-corrected chi connectivity index (χ2v) is 8.79. The van der Waals surface area contributed by atoms with Crippen LogP contribution in [0.15, 0.2) is 30.7 Å². The molecule has 3 aromatic rings. The minimum atomic E-state index is -0.817. The maximum absolute atomic E-state index is 11.7. The van der Waals surface area contributed by atoms with Crippen LogP contribution >= 0.6 is 0 Å². The largest absolute Gasteiger partial charge is 0.497 e. The maximum atomic E-state index is 11.7. The predicted octanol–water partition coefficient (Wildman–Crippen LogP) is 2.48. The van der Waals surface area contributed by atoms with Crippen LogP contribution < -0.4 is 10.5 Å². The number of nitrogens with two attached hydrogens (primary N) is 1. The Balaban J connectivity index is 1.67. The molecule has 1 unspecified atom stereocenters. The van der Waals surface area contributed by atoms with E-state index in [9.17, 15) is 20.3 Å². The van der Waals surface area contributed by atoms with Crippen molar-refractivity contribution in [1.29, 1.82) is 0 Å². The first kappa shape index (κ1) is 24.8. The number of rotatable bonds is 9. The molecule has 1 saturated heterocycles. The van der Waals surface area contributed by atoms with E-state index in [0.717, 1.165) is 0 Å². The fourth-order valence-corrected chi connectivity index (χ4v) is 4.44. The topological polar surface area (TPSA) is 168 Å². The first-order valence-corrected chi connectivity index (χ1v) is 11.2. The van der Waals surface area contributed by atoms with Gasteiger partial charge in [-0.1, -0.05) is 13.8 Å². The average Bonchev–Trinajstić information content (AvgIpc) is 3.39. The van der Waals surface area contributed by atoms with Gasteiger partial charge in [0.1, 0.15) is 35.9 Å². The van der Waals surface area contributed by atoms with Crippen LogP contribution in [0.25, 0.3) is 11.0 Å². The number of fused-ring (bicyclic) bond motifs is 1. The van der Waals surface area contributed by atoms with Crippen LogP contribution in [0.5, 0.6) is 5.75 Å². The van der Waals surface area contributed by atoms with E-state index < -0.39 is 29.5 Å². The molecule has 1 aliphatic heterocycles. The van der Waals surface area contributed by atoms with Crippen LogP contribution in [-0.2, 0) is 16.1 Å². The summed E-state index contributed by atoms with van der Waals surface area (Å²) < 4.78 is 18.9. The van der Waals surface area contributed by atoms with Gasteiger partial charge < -0.3 is 34.7 Å². The second kappa shape index (κ2) is 10.1. The number of nitrogen functional groups attached to an aromatic ring is 1. The monoisotopic (exact) mass is 487 g/mol. The number of aromatic nitrogens is 3. The number of hydrogen-bond acceptors (Lipinski definition) is 10. The van der Waals surface area contributed by atoms with Gasteiger partial charge in [0.25, 0.3) is 5.69 Å². The normalized spacial score (nSPS) is 21.0. The lowest BCUT2D eigenvalue weighted by Gasteiger charge is -2.22. The highest BCUT2D eigenvalue weighted by molar-refractivity contribution is 5.89. The standard InChI is InChI=1S/C23H29N5O7/c1-12(2)21(15-5-4-14(33-3)6-16(15)28(31)32)34-10-13-8-27(19-7-17(30)18(9-29)35-19)23-20(13)22(24)25-11-26-23/h4-6,8,11-12,17-19,21,29-30H,7,9-10H2,1-3H3,(H2,24,25,26)/t17-,18-,19-,21?/m1/s1. The number of methoxy groups -OCH3 is 1. The quantitative estimate of drug-likeness (QED) is 0.301. The molecule has 1 fully saturated rings. The van der Waals surface area contributed by atoms with Crippen LogP contribution in [0.1, 0.15) is 43.7 Å². The third-order valence-corrected chi connectivity index (χ3v) is 6.18. The third-order valence-electron chi connectivity index (χ3n) is 6.18. The van der Waals surface area contributed by atoms with E-state index in [4.69, 9.17) is 19.9 Å². The maximum Gasteiger partial charge on any atom is 0.278 e. The summed E-state index contributed by atoms with van der Waals surface area (Å²) in [5.41, 5.74) is 7.69. The molecule has 0 saturated carbocycles. The highest BCUT2D eigenvalue weighted by Gasteiger charge is 2.36. The fourth-order valence-electron chi connectivity index (χ4n) is 4.44. The molecule has 188 valence electrons. The Morgan fingerprint density at radius 2 is 2.14 bits per heavy atom. The Morgan fingerprint density at radius 1 is 1.37 bits per heavy atom. The van der Waals surface area contributed by atoms with Crippen molar-refractivity contribution in [2.24, 2.45) is 5.92 Å². The van der Waals surface area contributed by atoms with Gasteiger partial charge in [0.2, 0.25) is 0 Å². The molecule has 4 atom stereocenters. The molecule has 0 radical (unpaired) electrons. The SMILES string of the molecule is COc1ccc(C(OCc2cn([C@H]3C[C@@H](O)[C@@H](CO)O3)c3ncnc(N)c23)C(C)C)c([N+](=O)[O-])c1. The van der Waals surface area contributed by atoms with Gasteiger partial charge in [0, 0.05) is 18.2 Å². The smallest absolute Gasteiger partial charge is 0.278 e. The molecule has 35 heavy (non-hydrogen) atoms. The van der Waals surface area contributed by atoms with E-state index in [2.05, 4.69) is 9.97 Å². The van der Waals surface area contributed by atoms with Crippen molar-refractivity contribution in [2.45, 2.75) is 51.4 Å². The van der Waals surface area contributed by atoms with E-state index in [0.29, 0.717) is 27.9 Å². The van der Waals surface area contributed by atoms with Gasteiger partial charge >= 0.3 is 0 Å². The number of aliphatic hydroxyl groups is 2. The number of aliphatic hydroxyl groups excluding tert-OH is 2. The number of benzene rings is 1. The lowest BCUT2D eigenvalue weighted by molar-refractivity contribution is -0.386. The van der Waals surface area contributed by atoms with Crippen molar-refractivity contribution < 1.29 is 29.3 Å². The summed E-state index contributed by atoms with van der Waals surface area (Å²) in [5, 5.41) is 31.9. The van der Waals surface area contributed by atoms with Crippen molar-refractivity contribution in [2.75, 3.05) is 19.5 Å². The van der Waals surface area contributed by atoms with Crippen LogP contribution in [0.3, 0.4) is 0 Å². The number of ether oxygens (including phenoxy) is 3. The molecule has 1 aromatic carbocycles. The van der Waals surface area contributed by atoms with Gasteiger partial charge in [0.05, 0.1) is 54.5 Å². The molecule has 12 nitrogen and oxygen atoms in total. The Hall–Kier alpha value is -3.32. The Bertz CT molecular complexity index is 1210. The average molecular weight is 488 g/mol. The van der Waals surface area contributed by atoms with Crippen LogP contribution in [0.4, 0.5) is 11.5 Å². The number of nitrogens with zero attached hydrogens (tertiary/aromatic N) is 4. The van der Waals surface area contributed by atoms with Crippen molar-refractivity contribution >= 4 is 22.5 Å². The van der Waals surface area contributed by atoms with Gasteiger partial charge in [-0.05, 0) is 18.1 Å². The molecule has 0 bridgehead atoms. The molecule has 0 aliphatic carbocycles. The number of hydrogen-bond donors (Lipinski definition) is 3. The summed E-state index contributed by atoms with van der Waals surface area (Å²) in [4.78, 5) is 19.7. The highest BCUT2D eigenvalue weighted by atomic mass is 16.6. The fraction of sp³-hybridized carbons (Fsp3) is 0.478. The molecule has 0 amide bonds. The molecular formula is C23H29N5O7. The van der Waals surface area contributed by atoms with Crippen LogP contribution in [0, 0.1) is 16.0 Å². The van der Waals surface area contributed by atoms with E-state index in [-0.39, 0.29) is 37.1 Å². The zero-order valence-electron chi connectivity index (χ0n) is 19.7. The molecular weight excluding hydrogens is 458 g/mol. The highest BCUT2D eigenvalue weighted by Crippen LogP contribution is 2.38. The van der Waals surface area contributed by atoms with Gasteiger partial charge in [0.15, 0.2) is 0 Å². The van der Waals surface area contributed by atoms with Crippen molar-refractivity contribution in [3.05, 3.63) is 52.0 Å². The van der Waals surface area contributed by atoms with Gasteiger partial charge in [-0.3, -0.25) is 10.1 Å². The summed E-state index contributed by atoms with van der Waals surface area (Å²) in [7, 11) is 1.45. The van der Waals surface area contributed by atoms with Crippen molar-refractivity contribution in [3.63, 3.8) is 0 Å². The van der Waals surface area contributed by atoms with Crippen molar-refractivity contribution in [1.82, 2.24) is 14.5 Å². The Labute approximate surface area is 201 Å². The Morgan fingerprint density at radius 3 is 2.77 bits per heavy atom. The summed E-state index contributed by atoms with van der Waals surface area (Å²) in [6, 6.07) is 4.69. The number of nitro groups is 1. The summed E-state index contributed by atoms with van der Waals surface area (Å²) in [6.45, 7) is 3.61. The lowest BCUT2D eigenvalue weighted by Crippen LogP contribution is -2.24. The van der Waals surface area contributed by atoms with Gasteiger partial charge in [-0.25, -0.2) is 9.97 Å². The van der Waals surface area contributed by atoms with E-state index >= 15 is 0 Å². The van der Waals surface area contributed by atoms with Crippen LogP contribution in [-0.4, -0.2) is 55.6 Å². The Kier molecular flexibility index (Phi) is 7.17. The summed E-state index contributed by atoms with van der Waals surface area (Å²) in [5.74, 6) is 0.555. The molecule has 4 rings (SSSR count). The molecule has 4 N–H and O–H groups in total. The van der Waals surface area contributed by atoms with Gasteiger partial charge in [-0.2, -0.15) is 0 Å². The summed E-state index contributed by atoms with van der Waals surface area (Å²) >= 11 is 0. The zero-order chi connectivity index (χ0) is 25.3. The molecule has 0 spiro atoms. The molecule has 3 heterocycles. The lowest BCUT2D eigenvalue weighted by atomic mass is 9.97. The minimum Gasteiger partial charge on any atom is -0.497 e. The van der Waals surface area contributed by atoms with Gasteiger partial charge in [-0.15, -0.1) is 0 Å². The van der Waals surface area contributed by atoms with Crippen LogP contribution in [0.2, 0.25) is 0 Å². The molecule has 1 aliphatic rings. The second-order valence-electron chi connectivity index (χ2n) is 8.79. The first-order chi connectivity index (χ1) is 16.7. The number of nitro benzene ring substituents is 1. The zero-order valence-corrected chi connectivity index (χ0v) is 19.7. The van der Waals surface area contributed by atoms with Crippen molar-refractivity contribution in [3.8, 4) is 5.75 Å². The first-order valence-electron chi connectivity index (χ1n) is 11.2. The number of anilines is 1. The third kappa shape index (κ3) is 4.78. The summed E-state index contributed by atoms with van der Waals surface area (Å²) in [6.07, 6.45) is 0.717.